The summed E-state index contributed by atoms with van der Waals surface area (Å²) in [5, 5.41) is 2.52. The van der Waals surface area contributed by atoms with Gasteiger partial charge in [0.15, 0.2) is 11.5 Å². The summed E-state index contributed by atoms with van der Waals surface area (Å²) in [5.74, 6) is 1.57. The Bertz CT molecular complexity index is 1620. The second-order valence-electron chi connectivity index (χ2n) is 10.7. The van der Waals surface area contributed by atoms with E-state index < -0.39 is 0 Å². The first-order valence-electron chi connectivity index (χ1n) is 13.6. The minimum atomic E-state index is -0.0188. The molecule has 0 fully saturated rings. The molecular weight excluding hydrogens is 484 g/mol. The smallest absolute Gasteiger partial charge is 0.258 e. The lowest BCUT2D eigenvalue weighted by Gasteiger charge is -2.42. The maximum absolute atomic E-state index is 14.3. The van der Waals surface area contributed by atoms with Crippen LogP contribution in [0.1, 0.15) is 48.7 Å². The van der Waals surface area contributed by atoms with Crippen molar-refractivity contribution in [3.05, 3.63) is 102 Å². The molecule has 5 aromatic rings. The Hall–Kier alpha value is -4.25. The molecule has 0 N–H and O–H groups in total. The number of rotatable bonds is 6. The molecule has 4 aromatic carbocycles. The van der Waals surface area contributed by atoms with Gasteiger partial charge in [-0.05, 0) is 60.7 Å². The average molecular weight is 519 g/mol. The highest BCUT2D eigenvalue weighted by Gasteiger charge is 2.38. The van der Waals surface area contributed by atoms with Gasteiger partial charge < -0.3 is 18.9 Å². The van der Waals surface area contributed by atoms with Crippen molar-refractivity contribution in [2.24, 2.45) is 5.92 Å². The molecule has 1 aromatic heterocycles. The number of carbonyl (C=O) groups excluding carboxylic acids is 1. The lowest BCUT2D eigenvalue weighted by Crippen LogP contribution is -2.46. The number of benzene rings is 4. The fourth-order valence-corrected chi connectivity index (χ4v) is 6.34. The van der Waals surface area contributed by atoms with Crippen molar-refractivity contribution in [2.75, 3.05) is 19.1 Å². The van der Waals surface area contributed by atoms with Crippen molar-refractivity contribution >= 4 is 33.4 Å². The predicted octanol–water partition coefficient (Wildman–Crippen LogP) is 7.87. The van der Waals surface area contributed by atoms with Crippen molar-refractivity contribution in [3.8, 4) is 11.5 Å². The summed E-state index contributed by atoms with van der Waals surface area (Å²) in [6.07, 6.45) is 1.73. The number of amides is 1. The van der Waals surface area contributed by atoms with Gasteiger partial charge >= 0.3 is 0 Å². The third-order valence-electron chi connectivity index (χ3n) is 7.94. The maximum atomic E-state index is 14.3. The van der Waals surface area contributed by atoms with Crippen molar-refractivity contribution < 1.29 is 14.3 Å². The van der Waals surface area contributed by atoms with E-state index in [9.17, 15) is 4.79 Å². The van der Waals surface area contributed by atoms with Crippen LogP contribution in [0.3, 0.4) is 0 Å². The standard InChI is InChI=1S/C34H34N2O3/c1-22(2)19-24-21-31(36-28-14-8-5-11-25(28)26-12-6-9-15-29(26)36)27-13-7-10-16-30(27)35(24)34(37)23-17-18-32(38-3)33(20-23)39-4/h5-18,20,22,24,31H,19,21H2,1-4H3. The van der Waals surface area contributed by atoms with Gasteiger partial charge in [0.05, 0.1) is 20.3 Å². The van der Waals surface area contributed by atoms with E-state index >= 15 is 0 Å². The number of hydrogen-bond donors (Lipinski definition) is 0. The van der Waals surface area contributed by atoms with Gasteiger partial charge in [-0.25, -0.2) is 0 Å². The van der Waals surface area contributed by atoms with Crippen molar-refractivity contribution in [2.45, 2.75) is 38.8 Å². The van der Waals surface area contributed by atoms with Gasteiger partial charge in [-0.2, -0.15) is 0 Å². The first-order valence-corrected chi connectivity index (χ1v) is 13.6. The number of para-hydroxylation sites is 3. The first kappa shape index (κ1) is 25.1. The molecule has 198 valence electrons. The van der Waals surface area contributed by atoms with E-state index in [1.54, 1.807) is 26.4 Å². The second-order valence-corrected chi connectivity index (χ2v) is 10.7. The molecule has 1 amide bonds. The van der Waals surface area contributed by atoms with Gasteiger partial charge in [0, 0.05) is 39.1 Å². The fraction of sp³-hybridized carbons (Fsp3) is 0.265. The van der Waals surface area contributed by atoms with Gasteiger partial charge in [-0.3, -0.25) is 4.79 Å². The van der Waals surface area contributed by atoms with Crippen LogP contribution >= 0.6 is 0 Å². The molecule has 0 bridgehead atoms. The summed E-state index contributed by atoms with van der Waals surface area (Å²) in [6.45, 7) is 4.46. The van der Waals surface area contributed by atoms with E-state index in [1.165, 1.54) is 21.8 Å². The highest BCUT2D eigenvalue weighted by molar-refractivity contribution is 6.09. The minimum absolute atomic E-state index is 0.0188. The van der Waals surface area contributed by atoms with Crippen LogP contribution < -0.4 is 14.4 Å². The second kappa shape index (κ2) is 10.1. The number of aromatic nitrogens is 1. The predicted molar refractivity (Wildman–Crippen MR) is 158 cm³/mol. The summed E-state index contributed by atoms with van der Waals surface area (Å²) >= 11 is 0. The van der Waals surface area contributed by atoms with E-state index in [0.717, 1.165) is 24.1 Å². The topological polar surface area (TPSA) is 43.7 Å². The Morgan fingerprint density at radius 3 is 2.08 bits per heavy atom. The van der Waals surface area contributed by atoms with Crippen LogP contribution in [0.2, 0.25) is 0 Å². The zero-order valence-corrected chi connectivity index (χ0v) is 22.9. The maximum Gasteiger partial charge on any atom is 0.258 e. The molecule has 2 atom stereocenters. The molecule has 2 unspecified atom stereocenters. The molecule has 6 rings (SSSR count). The Kier molecular flexibility index (Phi) is 6.51. The lowest BCUT2D eigenvalue weighted by molar-refractivity contribution is 0.0966. The molecule has 0 spiro atoms. The van der Waals surface area contributed by atoms with Crippen LogP contribution in [0, 0.1) is 5.92 Å². The fourth-order valence-electron chi connectivity index (χ4n) is 6.34. The Morgan fingerprint density at radius 1 is 0.821 bits per heavy atom. The van der Waals surface area contributed by atoms with Crippen LogP contribution in [0.25, 0.3) is 21.8 Å². The van der Waals surface area contributed by atoms with Crippen LogP contribution in [-0.4, -0.2) is 30.7 Å². The number of nitrogens with zero attached hydrogens (tertiary/aromatic N) is 2. The summed E-state index contributed by atoms with van der Waals surface area (Å²) < 4.78 is 13.4. The van der Waals surface area contributed by atoms with E-state index in [4.69, 9.17) is 9.47 Å². The van der Waals surface area contributed by atoms with E-state index in [1.807, 2.05) is 17.0 Å². The summed E-state index contributed by atoms with van der Waals surface area (Å²) in [5.41, 5.74) is 5.17. The van der Waals surface area contributed by atoms with Crippen LogP contribution in [0.15, 0.2) is 91.0 Å². The molecule has 39 heavy (non-hydrogen) atoms. The van der Waals surface area contributed by atoms with E-state index in [2.05, 4.69) is 85.1 Å². The monoisotopic (exact) mass is 518 g/mol. The number of anilines is 1. The molecule has 0 aliphatic carbocycles. The van der Waals surface area contributed by atoms with Crippen molar-refractivity contribution in [1.82, 2.24) is 4.57 Å². The van der Waals surface area contributed by atoms with Gasteiger partial charge in [0.25, 0.3) is 5.91 Å². The van der Waals surface area contributed by atoms with Crippen LogP contribution in [0.4, 0.5) is 5.69 Å². The minimum Gasteiger partial charge on any atom is -0.493 e. The first-order chi connectivity index (χ1) is 19.0. The largest absolute Gasteiger partial charge is 0.493 e. The number of methoxy groups -OCH3 is 2. The molecule has 5 heteroatoms. The normalized spacial score (nSPS) is 17.0. The lowest BCUT2D eigenvalue weighted by atomic mass is 9.86. The van der Waals surface area contributed by atoms with Crippen molar-refractivity contribution in [3.63, 3.8) is 0 Å². The van der Waals surface area contributed by atoms with Crippen LogP contribution in [-0.2, 0) is 0 Å². The Morgan fingerprint density at radius 2 is 1.44 bits per heavy atom. The summed E-state index contributed by atoms with van der Waals surface area (Å²) in [6, 6.07) is 31.3. The zero-order chi connectivity index (χ0) is 27.1. The molecular formula is C34H34N2O3. The number of carbonyl (C=O) groups is 1. The van der Waals surface area contributed by atoms with E-state index in [-0.39, 0.29) is 18.0 Å². The van der Waals surface area contributed by atoms with Gasteiger partial charge in [0.1, 0.15) is 0 Å². The SMILES string of the molecule is COc1ccc(C(=O)N2c3ccccc3C(n3c4ccccc4c4ccccc43)CC2CC(C)C)cc1OC. The zero-order valence-electron chi connectivity index (χ0n) is 22.9. The van der Waals surface area contributed by atoms with Crippen molar-refractivity contribution in [1.29, 1.82) is 0 Å². The summed E-state index contributed by atoms with van der Waals surface area (Å²) in [7, 11) is 3.20. The number of hydrogen-bond acceptors (Lipinski definition) is 3. The highest BCUT2D eigenvalue weighted by atomic mass is 16.5. The van der Waals surface area contributed by atoms with Gasteiger partial charge in [-0.1, -0.05) is 68.4 Å². The number of fused-ring (bicyclic) bond motifs is 4. The van der Waals surface area contributed by atoms with E-state index in [0.29, 0.717) is 23.0 Å². The Balaban J connectivity index is 1.53. The molecule has 1 aliphatic rings. The molecule has 5 nitrogen and oxygen atoms in total. The third kappa shape index (κ3) is 4.22. The highest BCUT2D eigenvalue weighted by Crippen LogP contribution is 2.45. The molecule has 1 aliphatic heterocycles. The quantitative estimate of drug-likeness (QED) is 0.230. The Labute approximate surface area is 229 Å². The molecule has 2 heterocycles. The molecule has 0 saturated carbocycles. The van der Waals surface area contributed by atoms with Gasteiger partial charge in [-0.15, -0.1) is 0 Å². The average Bonchev–Trinajstić information content (AvgIpc) is 3.30. The summed E-state index contributed by atoms with van der Waals surface area (Å²) in [4.78, 5) is 16.3. The number of ether oxygens (including phenoxy) is 2. The molecule has 0 saturated heterocycles. The molecule has 0 radical (unpaired) electrons. The third-order valence-corrected chi connectivity index (χ3v) is 7.94. The van der Waals surface area contributed by atoms with Crippen LogP contribution in [0.5, 0.6) is 11.5 Å². The van der Waals surface area contributed by atoms with Gasteiger partial charge in [0.2, 0.25) is 0 Å².